The van der Waals surface area contributed by atoms with Crippen LogP contribution in [0, 0.1) is 6.92 Å². The molecule has 1 aliphatic rings. The highest BCUT2D eigenvalue weighted by molar-refractivity contribution is 8.01. The maximum atomic E-state index is 11.0. The molecule has 0 bridgehead atoms. The SMILES string of the molecule is Cc1ccc2c(c1NC(=S)Nc1ccc(C(=O)O)cc1)SC(C)(C)CC2(C)C. The van der Waals surface area contributed by atoms with E-state index in [9.17, 15) is 4.79 Å². The van der Waals surface area contributed by atoms with Crippen LogP contribution in [0.2, 0.25) is 0 Å². The molecular weight excluding hydrogens is 388 g/mol. The zero-order valence-corrected chi connectivity index (χ0v) is 18.5. The lowest BCUT2D eigenvalue weighted by Gasteiger charge is -2.42. The van der Waals surface area contributed by atoms with Gasteiger partial charge in [-0.3, -0.25) is 0 Å². The molecule has 4 nitrogen and oxygen atoms in total. The number of benzene rings is 2. The van der Waals surface area contributed by atoms with Crippen LogP contribution >= 0.6 is 24.0 Å². The fourth-order valence-electron chi connectivity index (χ4n) is 3.92. The molecule has 0 saturated heterocycles. The second-order valence-electron chi connectivity index (χ2n) is 8.52. The Morgan fingerprint density at radius 2 is 1.71 bits per heavy atom. The zero-order valence-electron chi connectivity index (χ0n) is 16.8. The summed E-state index contributed by atoms with van der Waals surface area (Å²) in [7, 11) is 0. The van der Waals surface area contributed by atoms with E-state index in [0.717, 1.165) is 23.4 Å². The van der Waals surface area contributed by atoms with Crippen molar-refractivity contribution in [2.45, 2.75) is 56.1 Å². The first-order valence-corrected chi connectivity index (χ1v) is 10.5. The van der Waals surface area contributed by atoms with Gasteiger partial charge >= 0.3 is 5.97 Å². The first-order valence-electron chi connectivity index (χ1n) is 9.23. The number of aryl methyl sites for hydroxylation is 1. The monoisotopic (exact) mass is 414 g/mol. The molecule has 0 radical (unpaired) electrons. The van der Waals surface area contributed by atoms with E-state index < -0.39 is 5.97 Å². The normalized spacial score (nSPS) is 16.8. The number of hydrogen-bond donors (Lipinski definition) is 3. The average Bonchev–Trinajstić information content (AvgIpc) is 2.56. The molecule has 2 aromatic rings. The Bertz CT molecular complexity index is 934. The summed E-state index contributed by atoms with van der Waals surface area (Å²) in [6.45, 7) is 11.3. The second-order valence-corrected chi connectivity index (χ2v) is 10.6. The average molecular weight is 415 g/mol. The Labute approximate surface area is 176 Å². The summed E-state index contributed by atoms with van der Waals surface area (Å²) in [6.07, 6.45) is 1.11. The summed E-state index contributed by atoms with van der Waals surface area (Å²) in [5.41, 5.74) is 4.62. The molecule has 0 unspecified atom stereocenters. The van der Waals surface area contributed by atoms with E-state index in [1.165, 1.54) is 10.5 Å². The second kappa shape index (κ2) is 7.41. The first kappa shape index (κ1) is 20.7. The minimum absolute atomic E-state index is 0.0932. The van der Waals surface area contributed by atoms with Crippen LogP contribution in [0.4, 0.5) is 11.4 Å². The Kier molecular flexibility index (Phi) is 5.47. The molecule has 1 heterocycles. The van der Waals surface area contributed by atoms with Crippen molar-refractivity contribution in [2.75, 3.05) is 10.6 Å². The number of anilines is 2. The number of carbonyl (C=O) groups is 1. The number of thiocarbonyl (C=S) groups is 1. The number of nitrogens with one attached hydrogen (secondary N) is 2. The van der Waals surface area contributed by atoms with Crippen LogP contribution in [-0.2, 0) is 5.41 Å². The van der Waals surface area contributed by atoms with Gasteiger partial charge in [0.05, 0.1) is 11.3 Å². The Hall–Kier alpha value is -2.05. The van der Waals surface area contributed by atoms with Crippen molar-refractivity contribution < 1.29 is 9.90 Å². The molecule has 0 aromatic heterocycles. The molecule has 28 heavy (non-hydrogen) atoms. The summed E-state index contributed by atoms with van der Waals surface area (Å²) < 4.78 is 0.141. The lowest BCUT2D eigenvalue weighted by molar-refractivity contribution is 0.0697. The molecule has 0 amide bonds. The van der Waals surface area contributed by atoms with Crippen LogP contribution < -0.4 is 10.6 Å². The lowest BCUT2D eigenvalue weighted by Crippen LogP contribution is -2.34. The molecule has 1 aliphatic heterocycles. The molecule has 0 atom stereocenters. The van der Waals surface area contributed by atoms with Crippen molar-refractivity contribution in [3.63, 3.8) is 0 Å². The van der Waals surface area contributed by atoms with Crippen LogP contribution in [0.5, 0.6) is 0 Å². The van der Waals surface area contributed by atoms with E-state index in [0.29, 0.717) is 5.11 Å². The molecule has 6 heteroatoms. The van der Waals surface area contributed by atoms with Gasteiger partial charge in [-0.2, -0.15) is 0 Å². The van der Waals surface area contributed by atoms with Crippen molar-refractivity contribution in [3.05, 3.63) is 53.1 Å². The molecule has 0 saturated carbocycles. The first-order chi connectivity index (χ1) is 13.0. The Balaban J connectivity index is 1.86. The topological polar surface area (TPSA) is 61.4 Å². The van der Waals surface area contributed by atoms with Gasteiger partial charge in [0.25, 0.3) is 0 Å². The van der Waals surface area contributed by atoms with Crippen LogP contribution in [0.1, 0.15) is 55.6 Å². The molecular formula is C22H26N2O2S2. The summed E-state index contributed by atoms with van der Waals surface area (Å²) in [5, 5.41) is 16.0. The molecule has 2 aromatic carbocycles. The van der Waals surface area contributed by atoms with Crippen molar-refractivity contribution in [1.29, 1.82) is 0 Å². The number of hydrogen-bond acceptors (Lipinski definition) is 3. The third kappa shape index (κ3) is 4.33. The van der Waals surface area contributed by atoms with Gasteiger partial charge in [0.1, 0.15) is 0 Å². The highest BCUT2D eigenvalue weighted by atomic mass is 32.2. The number of fused-ring (bicyclic) bond motifs is 1. The Morgan fingerprint density at radius 1 is 1.07 bits per heavy atom. The van der Waals surface area contributed by atoms with Gasteiger partial charge in [0.15, 0.2) is 5.11 Å². The smallest absolute Gasteiger partial charge is 0.335 e. The maximum absolute atomic E-state index is 11.0. The van der Waals surface area contributed by atoms with Gasteiger partial charge in [-0.15, -0.1) is 11.8 Å². The zero-order chi connectivity index (χ0) is 20.7. The molecule has 0 spiro atoms. The predicted molar refractivity (Wildman–Crippen MR) is 122 cm³/mol. The van der Waals surface area contributed by atoms with Crippen LogP contribution in [0.15, 0.2) is 41.3 Å². The van der Waals surface area contributed by atoms with Crippen LogP contribution in [0.3, 0.4) is 0 Å². The van der Waals surface area contributed by atoms with E-state index >= 15 is 0 Å². The van der Waals surface area contributed by atoms with Gasteiger partial charge < -0.3 is 15.7 Å². The molecule has 0 fully saturated rings. The lowest BCUT2D eigenvalue weighted by atomic mass is 9.76. The van der Waals surface area contributed by atoms with Gasteiger partial charge in [0, 0.05) is 15.3 Å². The van der Waals surface area contributed by atoms with E-state index in [1.807, 2.05) is 11.8 Å². The van der Waals surface area contributed by atoms with Crippen LogP contribution in [0.25, 0.3) is 0 Å². The fourth-order valence-corrected chi connectivity index (χ4v) is 5.89. The van der Waals surface area contributed by atoms with Crippen LogP contribution in [-0.4, -0.2) is 20.9 Å². The number of carboxylic acid groups (broad SMARTS) is 1. The van der Waals surface area contributed by atoms with Crippen molar-refractivity contribution >= 4 is 46.4 Å². The van der Waals surface area contributed by atoms with E-state index in [1.54, 1.807) is 24.3 Å². The predicted octanol–water partition coefficient (Wildman–Crippen LogP) is 6.05. The Morgan fingerprint density at radius 3 is 2.32 bits per heavy atom. The van der Waals surface area contributed by atoms with Gasteiger partial charge in [-0.1, -0.05) is 39.8 Å². The summed E-state index contributed by atoms with van der Waals surface area (Å²) in [4.78, 5) is 12.2. The fraction of sp³-hybridized carbons (Fsp3) is 0.364. The van der Waals surface area contributed by atoms with Gasteiger partial charge in [-0.05, 0) is 66.4 Å². The quantitative estimate of drug-likeness (QED) is 0.531. The van der Waals surface area contributed by atoms with Crippen molar-refractivity contribution in [2.24, 2.45) is 0 Å². The summed E-state index contributed by atoms with van der Waals surface area (Å²) >= 11 is 7.43. The minimum atomic E-state index is -0.943. The minimum Gasteiger partial charge on any atom is -0.478 e. The highest BCUT2D eigenvalue weighted by Crippen LogP contribution is 2.53. The number of rotatable bonds is 3. The number of thioether (sulfide) groups is 1. The third-order valence-corrected chi connectivity index (χ3v) is 6.50. The standard InChI is InChI=1S/C22H26N2O2S2/c1-13-6-11-16-18(28-22(4,5)12-21(16,2)3)17(13)24-20(27)23-15-9-7-14(8-10-15)19(25)26/h6-11H,12H2,1-5H3,(H,25,26)(H2,23,24,27). The summed E-state index contributed by atoms with van der Waals surface area (Å²) in [5.74, 6) is -0.943. The van der Waals surface area contributed by atoms with Gasteiger partial charge in [0.2, 0.25) is 0 Å². The molecule has 148 valence electrons. The number of aromatic carboxylic acids is 1. The van der Waals surface area contributed by atoms with E-state index in [4.69, 9.17) is 17.3 Å². The van der Waals surface area contributed by atoms with Crippen molar-refractivity contribution in [3.8, 4) is 0 Å². The molecule has 3 N–H and O–H groups in total. The number of carboxylic acids is 1. The maximum Gasteiger partial charge on any atom is 0.335 e. The molecule has 0 aliphatic carbocycles. The van der Waals surface area contributed by atoms with Crippen molar-refractivity contribution in [1.82, 2.24) is 0 Å². The highest BCUT2D eigenvalue weighted by Gasteiger charge is 2.39. The van der Waals surface area contributed by atoms with Gasteiger partial charge in [-0.25, -0.2) is 4.79 Å². The van der Waals surface area contributed by atoms with E-state index in [-0.39, 0.29) is 15.7 Å². The summed E-state index contributed by atoms with van der Waals surface area (Å²) in [6, 6.07) is 10.9. The third-order valence-electron chi connectivity index (χ3n) is 4.97. The molecule has 3 rings (SSSR count). The van der Waals surface area contributed by atoms with E-state index in [2.05, 4.69) is 57.4 Å². The largest absolute Gasteiger partial charge is 0.478 e.